The van der Waals surface area contributed by atoms with E-state index in [1.165, 1.54) is 12.8 Å². The first-order valence-corrected chi connectivity index (χ1v) is 6.36. The van der Waals surface area contributed by atoms with Crippen molar-refractivity contribution in [2.45, 2.75) is 38.9 Å². The van der Waals surface area contributed by atoms with Crippen molar-refractivity contribution in [2.75, 3.05) is 13.6 Å². The monoisotopic (exact) mass is 236 g/mol. The van der Waals surface area contributed by atoms with Gasteiger partial charge in [-0.2, -0.15) is 0 Å². The summed E-state index contributed by atoms with van der Waals surface area (Å²) in [6, 6.07) is 6.00. The predicted octanol–water partition coefficient (Wildman–Crippen LogP) is 2.53. The average Bonchev–Trinajstić information content (AvgIpc) is 2.70. The molecular formula is C14H21FN2. The van der Waals surface area contributed by atoms with Gasteiger partial charge in [0.25, 0.3) is 0 Å². The molecule has 0 saturated carbocycles. The van der Waals surface area contributed by atoms with Crippen LogP contribution in [-0.2, 0) is 13.1 Å². The van der Waals surface area contributed by atoms with Gasteiger partial charge in [-0.15, -0.1) is 0 Å². The van der Waals surface area contributed by atoms with E-state index in [4.69, 9.17) is 0 Å². The van der Waals surface area contributed by atoms with Crippen LogP contribution >= 0.6 is 0 Å². The van der Waals surface area contributed by atoms with Gasteiger partial charge >= 0.3 is 0 Å². The summed E-state index contributed by atoms with van der Waals surface area (Å²) in [5.41, 5.74) is 1.97. The van der Waals surface area contributed by atoms with Crippen molar-refractivity contribution in [1.82, 2.24) is 10.2 Å². The lowest BCUT2D eigenvalue weighted by molar-refractivity contribution is 0.256. The average molecular weight is 236 g/mol. The van der Waals surface area contributed by atoms with Gasteiger partial charge in [-0.1, -0.05) is 12.1 Å². The van der Waals surface area contributed by atoms with Crippen LogP contribution in [0.5, 0.6) is 0 Å². The van der Waals surface area contributed by atoms with E-state index in [-0.39, 0.29) is 5.82 Å². The zero-order valence-corrected chi connectivity index (χ0v) is 10.7. The summed E-state index contributed by atoms with van der Waals surface area (Å²) < 4.78 is 13.7. The van der Waals surface area contributed by atoms with Gasteiger partial charge in [-0.3, -0.25) is 4.90 Å². The highest BCUT2D eigenvalue weighted by atomic mass is 19.1. The molecule has 1 aliphatic rings. The Morgan fingerprint density at radius 2 is 2.29 bits per heavy atom. The van der Waals surface area contributed by atoms with Gasteiger partial charge in [-0.05, 0) is 45.0 Å². The van der Waals surface area contributed by atoms with E-state index in [9.17, 15) is 4.39 Å². The van der Waals surface area contributed by atoms with Crippen LogP contribution in [0, 0.1) is 5.82 Å². The smallest absolute Gasteiger partial charge is 0.127 e. The molecule has 1 heterocycles. The van der Waals surface area contributed by atoms with Crippen LogP contribution in [0.1, 0.15) is 30.9 Å². The normalized spacial score (nSPS) is 21.0. The van der Waals surface area contributed by atoms with Crippen molar-refractivity contribution < 1.29 is 4.39 Å². The van der Waals surface area contributed by atoms with Crippen LogP contribution in [0.2, 0.25) is 0 Å². The zero-order valence-electron chi connectivity index (χ0n) is 10.7. The summed E-state index contributed by atoms with van der Waals surface area (Å²) in [6.45, 7) is 4.85. The molecular weight excluding hydrogens is 215 g/mol. The standard InChI is InChI=1S/C14H21FN2/c1-11-4-3-7-17(11)10-13-8-12(9-16-2)5-6-14(13)15/h5-6,8,11,16H,3-4,7,9-10H2,1-2H3. The summed E-state index contributed by atoms with van der Waals surface area (Å²) in [5, 5.41) is 3.10. The van der Waals surface area contributed by atoms with E-state index < -0.39 is 0 Å². The van der Waals surface area contributed by atoms with Crippen molar-refractivity contribution in [1.29, 1.82) is 0 Å². The molecule has 0 bridgehead atoms. The Labute approximate surface area is 103 Å². The molecule has 1 aromatic rings. The van der Waals surface area contributed by atoms with E-state index >= 15 is 0 Å². The van der Waals surface area contributed by atoms with Crippen LogP contribution < -0.4 is 5.32 Å². The molecule has 1 aliphatic heterocycles. The molecule has 0 spiro atoms. The molecule has 0 radical (unpaired) electrons. The highest BCUT2D eigenvalue weighted by Gasteiger charge is 2.21. The Balaban J connectivity index is 2.10. The van der Waals surface area contributed by atoms with Gasteiger partial charge in [-0.25, -0.2) is 4.39 Å². The van der Waals surface area contributed by atoms with Gasteiger partial charge in [0.1, 0.15) is 5.82 Å². The van der Waals surface area contributed by atoms with Gasteiger partial charge < -0.3 is 5.32 Å². The van der Waals surface area contributed by atoms with Gasteiger partial charge in [0.15, 0.2) is 0 Å². The zero-order chi connectivity index (χ0) is 12.3. The third-order valence-electron chi connectivity index (χ3n) is 3.56. The molecule has 1 N–H and O–H groups in total. The molecule has 2 rings (SSSR count). The largest absolute Gasteiger partial charge is 0.316 e. The highest BCUT2D eigenvalue weighted by Crippen LogP contribution is 2.21. The number of nitrogens with zero attached hydrogens (tertiary/aromatic N) is 1. The van der Waals surface area contributed by atoms with Crippen LogP contribution in [0.15, 0.2) is 18.2 Å². The summed E-state index contributed by atoms with van der Waals surface area (Å²) in [4.78, 5) is 2.36. The number of halogens is 1. The Kier molecular flexibility index (Phi) is 4.13. The maximum atomic E-state index is 13.7. The van der Waals surface area contributed by atoms with Crippen LogP contribution in [-0.4, -0.2) is 24.5 Å². The molecule has 1 unspecified atom stereocenters. The fourth-order valence-corrected chi connectivity index (χ4v) is 2.51. The number of benzene rings is 1. The first kappa shape index (κ1) is 12.5. The van der Waals surface area contributed by atoms with E-state index in [0.717, 1.165) is 30.8 Å². The lowest BCUT2D eigenvalue weighted by Gasteiger charge is -2.21. The van der Waals surface area contributed by atoms with Crippen molar-refractivity contribution in [3.05, 3.63) is 35.1 Å². The minimum absolute atomic E-state index is 0.0797. The SMILES string of the molecule is CNCc1ccc(F)c(CN2CCCC2C)c1. The number of likely N-dealkylation sites (tertiary alicyclic amines) is 1. The molecule has 0 amide bonds. The summed E-state index contributed by atoms with van der Waals surface area (Å²) in [6.07, 6.45) is 2.47. The fraction of sp³-hybridized carbons (Fsp3) is 0.571. The maximum Gasteiger partial charge on any atom is 0.127 e. The minimum atomic E-state index is -0.0797. The van der Waals surface area contributed by atoms with Crippen molar-refractivity contribution in [3.63, 3.8) is 0 Å². The Bertz CT molecular complexity index is 378. The quantitative estimate of drug-likeness (QED) is 0.864. The molecule has 1 atom stereocenters. The van der Waals surface area contributed by atoms with Crippen molar-refractivity contribution in [2.24, 2.45) is 0 Å². The van der Waals surface area contributed by atoms with Crippen LogP contribution in [0.4, 0.5) is 4.39 Å². The second-order valence-corrected chi connectivity index (χ2v) is 4.92. The van der Waals surface area contributed by atoms with Gasteiger partial charge in [0.2, 0.25) is 0 Å². The number of hydrogen-bond donors (Lipinski definition) is 1. The summed E-state index contributed by atoms with van der Waals surface area (Å²) >= 11 is 0. The molecule has 0 aromatic heterocycles. The minimum Gasteiger partial charge on any atom is -0.316 e. The van der Waals surface area contributed by atoms with E-state index in [1.807, 2.05) is 19.2 Å². The number of rotatable bonds is 4. The third-order valence-corrected chi connectivity index (χ3v) is 3.56. The fourth-order valence-electron chi connectivity index (χ4n) is 2.51. The van der Waals surface area contributed by atoms with E-state index in [2.05, 4.69) is 17.1 Å². The molecule has 17 heavy (non-hydrogen) atoms. The topological polar surface area (TPSA) is 15.3 Å². The summed E-state index contributed by atoms with van der Waals surface area (Å²) in [5.74, 6) is -0.0797. The molecule has 2 nitrogen and oxygen atoms in total. The van der Waals surface area contributed by atoms with Crippen LogP contribution in [0.25, 0.3) is 0 Å². The number of hydrogen-bond acceptors (Lipinski definition) is 2. The molecule has 0 aliphatic carbocycles. The second kappa shape index (κ2) is 5.61. The van der Waals surface area contributed by atoms with Crippen molar-refractivity contribution >= 4 is 0 Å². The van der Waals surface area contributed by atoms with E-state index in [1.54, 1.807) is 6.07 Å². The molecule has 1 fully saturated rings. The Morgan fingerprint density at radius 3 is 2.94 bits per heavy atom. The molecule has 1 aromatic carbocycles. The molecule has 1 saturated heterocycles. The van der Waals surface area contributed by atoms with Gasteiger partial charge in [0, 0.05) is 24.7 Å². The lowest BCUT2D eigenvalue weighted by Crippen LogP contribution is -2.26. The van der Waals surface area contributed by atoms with Gasteiger partial charge in [0.05, 0.1) is 0 Å². The lowest BCUT2D eigenvalue weighted by atomic mass is 10.1. The second-order valence-electron chi connectivity index (χ2n) is 4.92. The molecule has 94 valence electrons. The predicted molar refractivity (Wildman–Crippen MR) is 68.3 cm³/mol. The molecule has 3 heteroatoms. The number of nitrogens with one attached hydrogen (secondary N) is 1. The van der Waals surface area contributed by atoms with Crippen molar-refractivity contribution in [3.8, 4) is 0 Å². The maximum absolute atomic E-state index is 13.7. The highest BCUT2D eigenvalue weighted by molar-refractivity contribution is 5.25. The Morgan fingerprint density at radius 1 is 1.47 bits per heavy atom. The summed E-state index contributed by atoms with van der Waals surface area (Å²) in [7, 11) is 1.91. The first-order chi connectivity index (χ1) is 8.20. The van der Waals surface area contributed by atoms with Crippen LogP contribution in [0.3, 0.4) is 0 Å². The first-order valence-electron chi connectivity index (χ1n) is 6.36. The van der Waals surface area contributed by atoms with E-state index in [0.29, 0.717) is 6.04 Å². The Hall–Kier alpha value is -0.930. The third kappa shape index (κ3) is 3.05.